The summed E-state index contributed by atoms with van der Waals surface area (Å²) >= 11 is 6.22. The van der Waals surface area contributed by atoms with Crippen molar-refractivity contribution in [3.05, 3.63) is 69.2 Å². The lowest BCUT2D eigenvalue weighted by molar-refractivity contribution is 0.187. The Hall–Kier alpha value is -4.14. The number of nitrogens with zero attached hydrogens (tertiary/aromatic N) is 6. The van der Waals surface area contributed by atoms with Gasteiger partial charge in [-0.05, 0) is 24.3 Å². The fourth-order valence-electron chi connectivity index (χ4n) is 3.75. The second-order valence-corrected chi connectivity index (χ2v) is 7.62. The summed E-state index contributed by atoms with van der Waals surface area (Å²) in [6, 6.07) is 8.21. The van der Waals surface area contributed by atoms with Gasteiger partial charge in [0.2, 0.25) is 5.82 Å². The highest BCUT2D eigenvalue weighted by Crippen LogP contribution is 2.29. The molecule has 9 nitrogen and oxygen atoms in total. The van der Waals surface area contributed by atoms with Crippen molar-refractivity contribution in [1.29, 1.82) is 5.26 Å². The number of halogens is 3. The van der Waals surface area contributed by atoms with Crippen LogP contribution in [0.3, 0.4) is 0 Å². The Morgan fingerprint density at radius 1 is 1.24 bits per heavy atom. The number of methoxy groups -OCH3 is 1. The number of ether oxygens (including phenoxy) is 1. The Bertz CT molecular complexity index is 1680. The smallest absolute Gasteiger partial charge is 0.279 e. The summed E-state index contributed by atoms with van der Waals surface area (Å²) in [5.74, 6) is -1.88. The molecule has 0 bridgehead atoms. The molecule has 0 radical (unpaired) electrons. The molecule has 0 N–H and O–H groups in total. The summed E-state index contributed by atoms with van der Waals surface area (Å²) in [6.45, 7) is 0.332. The van der Waals surface area contributed by atoms with E-state index in [2.05, 4.69) is 15.1 Å². The molecule has 170 valence electrons. The Morgan fingerprint density at radius 2 is 2.06 bits per heavy atom. The van der Waals surface area contributed by atoms with Crippen LogP contribution in [0.2, 0.25) is 5.02 Å². The van der Waals surface area contributed by atoms with Gasteiger partial charge < -0.3 is 13.8 Å². The maximum absolute atomic E-state index is 14.2. The second kappa shape index (κ2) is 8.33. The van der Waals surface area contributed by atoms with Gasteiger partial charge in [-0.25, -0.2) is 13.8 Å². The summed E-state index contributed by atoms with van der Waals surface area (Å²) in [6.07, 6.45) is 1.38. The molecule has 0 saturated heterocycles. The first-order chi connectivity index (χ1) is 16.4. The number of fused-ring (bicyclic) bond motifs is 3. The molecular formula is C22H13ClF2N6O3. The highest BCUT2D eigenvalue weighted by atomic mass is 35.5. The van der Waals surface area contributed by atoms with Crippen LogP contribution < -0.4 is 5.56 Å². The molecule has 0 saturated carbocycles. The molecule has 0 unspecified atom stereocenters. The molecule has 0 aliphatic heterocycles. The maximum Gasteiger partial charge on any atom is 0.279 e. The van der Waals surface area contributed by atoms with E-state index >= 15 is 0 Å². The van der Waals surface area contributed by atoms with Crippen LogP contribution in [0, 0.1) is 23.0 Å². The molecule has 3 aromatic heterocycles. The van der Waals surface area contributed by atoms with Crippen molar-refractivity contribution in [3.63, 3.8) is 0 Å². The van der Waals surface area contributed by atoms with Crippen molar-refractivity contribution in [3.8, 4) is 29.0 Å². The minimum Gasteiger partial charge on any atom is -0.383 e. The maximum atomic E-state index is 14.2. The van der Waals surface area contributed by atoms with E-state index in [9.17, 15) is 18.8 Å². The van der Waals surface area contributed by atoms with Crippen LogP contribution in [0.5, 0.6) is 0 Å². The Morgan fingerprint density at radius 3 is 2.79 bits per heavy atom. The number of benzene rings is 2. The molecule has 0 aliphatic carbocycles. The van der Waals surface area contributed by atoms with E-state index in [1.165, 1.54) is 28.5 Å². The molecular weight excluding hydrogens is 470 g/mol. The standard InChI is InChI=1S/C22H13ClF2N6O3/c1-33-7-6-30-18-13(9-26)14(23)4-5-16(18)31-10-27-17(19(31)22(30)32)21-28-20(29-34-21)12-3-2-11(24)8-15(12)25/h2-5,8,10H,6-7H2,1H3. The first-order valence-electron chi connectivity index (χ1n) is 9.85. The van der Waals surface area contributed by atoms with Crippen molar-refractivity contribution >= 4 is 28.2 Å². The van der Waals surface area contributed by atoms with Crippen LogP contribution in [0.15, 0.2) is 46.0 Å². The van der Waals surface area contributed by atoms with Gasteiger partial charge in [0.25, 0.3) is 11.4 Å². The summed E-state index contributed by atoms with van der Waals surface area (Å²) < 4.78 is 40.7. The molecule has 5 aromatic rings. The number of rotatable bonds is 5. The van der Waals surface area contributed by atoms with Crippen molar-refractivity contribution in [2.75, 3.05) is 13.7 Å². The quantitative estimate of drug-likeness (QED) is 0.374. The van der Waals surface area contributed by atoms with Gasteiger partial charge in [-0.15, -0.1) is 0 Å². The summed E-state index contributed by atoms with van der Waals surface area (Å²) in [5.41, 5.74) is 0.552. The van der Waals surface area contributed by atoms with Crippen LogP contribution in [-0.4, -0.2) is 37.8 Å². The van der Waals surface area contributed by atoms with Gasteiger partial charge in [0.05, 0.1) is 33.8 Å². The number of aromatic nitrogens is 5. The minimum absolute atomic E-state index is 0.0628. The zero-order valence-electron chi connectivity index (χ0n) is 17.4. The Balaban J connectivity index is 1.77. The molecule has 5 rings (SSSR count). The van der Waals surface area contributed by atoms with Crippen molar-refractivity contribution in [1.82, 2.24) is 24.1 Å². The van der Waals surface area contributed by atoms with Crippen LogP contribution in [-0.2, 0) is 11.3 Å². The monoisotopic (exact) mass is 482 g/mol. The third kappa shape index (κ3) is 3.32. The Kier molecular flexibility index (Phi) is 5.31. The van der Waals surface area contributed by atoms with Crippen LogP contribution >= 0.6 is 11.6 Å². The average molecular weight is 483 g/mol. The van der Waals surface area contributed by atoms with E-state index in [1.807, 2.05) is 6.07 Å². The summed E-state index contributed by atoms with van der Waals surface area (Å²) in [4.78, 5) is 22.0. The zero-order chi connectivity index (χ0) is 24.0. The van der Waals surface area contributed by atoms with Gasteiger partial charge in [0.15, 0.2) is 5.69 Å². The zero-order valence-corrected chi connectivity index (χ0v) is 18.2. The molecule has 0 atom stereocenters. The third-order valence-electron chi connectivity index (χ3n) is 5.28. The average Bonchev–Trinajstić information content (AvgIpc) is 3.46. The van der Waals surface area contributed by atoms with Crippen LogP contribution in [0.1, 0.15) is 5.56 Å². The largest absolute Gasteiger partial charge is 0.383 e. The van der Waals surface area contributed by atoms with Gasteiger partial charge in [0, 0.05) is 19.7 Å². The number of nitriles is 1. The fourth-order valence-corrected chi connectivity index (χ4v) is 3.94. The Labute approximate surface area is 194 Å². The van der Waals surface area contributed by atoms with Crippen LogP contribution in [0.25, 0.3) is 39.5 Å². The van der Waals surface area contributed by atoms with E-state index in [0.29, 0.717) is 17.1 Å². The second-order valence-electron chi connectivity index (χ2n) is 7.21. The molecule has 12 heteroatoms. The topological polar surface area (TPSA) is 111 Å². The highest BCUT2D eigenvalue weighted by molar-refractivity contribution is 6.32. The van der Waals surface area contributed by atoms with Crippen molar-refractivity contribution in [2.24, 2.45) is 0 Å². The fraction of sp³-hybridized carbons (Fsp3) is 0.136. The first kappa shape index (κ1) is 21.7. The summed E-state index contributed by atoms with van der Waals surface area (Å²) in [7, 11) is 1.49. The molecule has 2 aromatic carbocycles. The SMILES string of the molecule is COCCn1c(=O)c2c(-c3nc(-c4ccc(F)cc4F)no3)ncn2c2ccc(Cl)c(C#N)c21. The van der Waals surface area contributed by atoms with Crippen molar-refractivity contribution in [2.45, 2.75) is 6.54 Å². The van der Waals surface area contributed by atoms with Gasteiger partial charge in [-0.1, -0.05) is 16.8 Å². The number of hydrogen-bond donors (Lipinski definition) is 0. The number of hydrogen-bond acceptors (Lipinski definition) is 7. The lowest BCUT2D eigenvalue weighted by Gasteiger charge is -2.14. The van der Waals surface area contributed by atoms with E-state index < -0.39 is 17.2 Å². The molecule has 0 amide bonds. The van der Waals surface area contributed by atoms with Gasteiger partial charge in [-0.2, -0.15) is 10.2 Å². The van der Waals surface area contributed by atoms with Gasteiger partial charge in [0.1, 0.15) is 29.5 Å². The normalized spacial score (nSPS) is 11.4. The predicted octanol–water partition coefficient (Wildman–Crippen LogP) is 3.82. The van der Waals surface area contributed by atoms with Gasteiger partial charge >= 0.3 is 0 Å². The van der Waals surface area contributed by atoms with Crippen LogP contribution in [0.4, 0.5) is 8.78 Å². The highest BCUT2D eigenvalue weighted by Gasteiger charge is 2.24. The first-order valence-corrected chi connectivity index (χ1v) is 10.2. The molecule has 0 spiro atoms. The minimum atomic E-state index is -0.865. The van der Waals surface area contributed by atoms with E-state index in [1.54, 1.807) is 12.1 Å². The number of imidazole rings is 1. The lowest BCUT2D eigenvalue weighted by Crippen LogP contribution is -2.25. The van der Waals surface area contributed by atoms with E-state index in [0.717, 1.165) is 6.07 Å². The van der Waals surface area contributed by atoms with E-state index in [4.69, 9.17) is 20.9 Å². The predicted molar refractivity (Wildman–Crippen MR) is 117 cm³/mol. The lowest BCUT2D eigenvalue weighted by atomic mass is 10.1. The summed E-state index contributed by atoms with van der Waals surface area (Å²) in [5, 5.41) is 13.6. The molecule has 3 heterocycles. The molecule has 0 fully saturated rings. The van der Waals surface area contributed by atoms with E-state index in [-0.39, 0.29) is 52.2 Å². The third-order valence-corrected chi connectivity index (χ3v) is 5.60. The molecule has 0 aliphatic rings. The molecule has 34 heavy (non-hydrogen) atoms. The van der Waals surface area contributed by atoms with Gasteiger partial charge in [-0.3, -0.25) is 9.20 Å². The van der Waals surface area contributed by atoms with Crippen molar-refractivity contribution < 1.29 is 18.0 Å².